The lowest BCUT2D eigenvalue weighted by Crippen LogP contribution is -1.98. The van der Waals surface area contributed by atoms with Gasteiger partial charge in [-0.2, -0.15) is 5.26 Å². The van der Waals surface area contributed by atoms with Crippen LogP contribution in [-0.4, -0.2) is 4.57 Å². The first-order chi connectivity index (χ1) is 12.0. The van der Waals surface area contributed by atoms with Crippen molar-refractivity contribution in [3.05, 3.63) is 85.7 Å². The molecule has 3 rings (SSSR count). The van der Waals surface area contributed by atoms with Gasteiger partial charge in [0.05, 0.1) is 11.6 Å². The molecule has 25 heavy (non-hydrogen) atoms. The Labute approximate surface area is 166 Å². The van der Waals surface area contributed by atoms with Gasteiger partial charge in [-0.05, 0) is 96.1 Å². The van der Waals surface area contributed by atoms with Crippen molar-refractivity contribution in [2.75, 3.05) is 0 Å². The van der Waals surface area contributed by atoms with Crippen molar-refractivity contribution in [3.63, 3.8) is 0 Å². The first-order valence-electron chi connectivity index (χ1n) is 7.82. The summed E-state index contributed by atoms with van der Waals surface area (Å²) in [6.45, 7) is 4.16. The number of nitrogens with zero attached hydrogens (tertiary/aromatic N) is 2. The van der Waals surface area contributed by atoms with Crippen LogP contribution in [0.2, 0.25) is 5.02 Å². The van der Waals surface area contributed by atoms with Gasteiger partial charge in [-0.25, -0.2) is 0 Å². The molecule has 2 nitrogen and oxygen atoms in total. The third-order valence-electron chi connectivity index (χ3n) is 4.13. The summed E-state index contributed by atoms with van der Waals surface area (Å²) < 4.78 is 3.41. The maximum Gasteiger partial charge on any atom is 0.0998 e. The van der Waals surface area contributed by atoms with Gasteiger partial charge in [0.1, 0.15) is 0 Å². The highest BCUT2D eigenvalue weighted by molar-refractivity contribution is 14.1. The summed E-state index contributed by atoms with van der Waals surface area (Å²) in [6.07, 6.45) is 1.94. The molecule has 0 unspecified atom stereocenters. The molecule has 0 N–H and O–H groups in total. The topological polar surface area (TPSA) is 28.7 Å². The molecule has 1 aromatic heterocycles. The van der Waals surface area contributed by atoms with Crippen LogP contribution in [0.4, 0.5) is 0 Å². The van der Waals surface area contributed by atoms with Crippen molar-refractivity contribution in [1.29, 1.82) is 5.26 Å². The fourth-order valence-electron chi connectivity index (χ4n) is 2.89. The van der Waals surface area contributed by atoms with E-state index in [1.165, 1.54) is 3.57 Å². The third-order valence-corrected chi connectivity index (χ3v) is 5.10. The first-order valence-corrected chi connectivity index (χ1v) is 9.28. The predicted octanol–water partition coefficient (Wildman–Crippen LogP) is 6.42. The lowest BCUT2D eigenvalue weighted by molar-refractivity contribution is 0.964. The molecule has 0 amide bonds. The van der Waals surface area contributed by atoms with Crippen LogP contribution in [0.15, 0.2) is 54.6 Å². The van der Waals surface area contributed by atoms with E-state index in [9.17, 15) is 5.26 Å². The molecule has 0 saturated carbocycles. The van der Waals surface area contributed by atoms with E-state index in [1.54, 1.807) is 12.1 Å². The molecular weight excluding hydrogens is 443 g/mol. The molecule has 0 atom stereocenters. The Bertz CT molecular complexity index is 974. The number of halogens is 2. The lowest BCUT2D eigenvalue weighted by Gasteiger charge is -2.09. The van der Waals surface area contributed by atoms with E-state index in [-0.39, 0.29) is 0 Å². The summed E-state index contributed by atoms with van der Waals surface area (Å²) >= 11 is 8.25. The SMILES string of the molecule is Cc1cc(/C=C(/C#N)c2ccc(Cl)cc2)c(C)n1-c1ccc(I)cc1. The number of benzene rings is 2. The minimum absolute atomic E-state index is 0.625. The number of hydrogen-bond acceptors (Lipinski definition) is 1. The Morgan fingerprint density at radius 1 is 1.08 bits per heavy atom. The number of nitriles is 1. The van der Waals surface area contributed by atoms with E-state index in [0.29, 0.717) is 10.6 Å². The van der Waals surface area contributed by atoms with Gasteiger partial charge in [0.2, 0.25) is 0 Å². The van der Waals surface area contributed by atoms with Gasteiger partial charge >= 0.3 is 0 Å². The van der Waals surface area contributed by atoms with Crippen molar-refractivity contribution in [2.24, 2.45) is 0 Å². The van der Waals surface area contributed by atoms with E-state index in [0.717, 1.165) is 28.2 Å². The molecule has 0 aliphatic carbocycles. The van der Waals surface area contributed by atoms with E-state index >= 15 is 0 Å². The lowest BCUT2D eigenvalue weighted by atomic mass is 10.0. The quantitative estimate of drug-likeness (QED) is 0.329. The third kappa shape index (κ3) is 3.81. The Morgan fingerprint density at radius 3 is 2.32 bits per heavy atom. The maximum absolute atomic E-state index is 9.57. The van der Waals surface area contributed by atoms with E-state index in [4.69, 9.17) is 11.6 Å². The molecule has 0 aliphatic heterocycles. The fraction of sp³-hybridized carbons (Fsp3) is 0.0952. The number of aryl methyl sites for hydroxylation is 1. The van der Waals surface area contributed by atoms with E-state index in [2.05, 4.69) is 77.4 Å². The summed E-state index contributed by atoms with van der Waals surface area (Å²) in [4.78, 5) is 0. The van der Waals surface area contributed by atoms with Gasteiger partial charge in [0.15, 0.2) is 0 Å². The smallest absolute Gasteiger partial charge is 0.0998 e. The minimum Gasteiger partial charge on any atom is -0.318 e. The highest BCUT2D eigenvalue weighted by Gasteiger charge is 2.11. The van der Waals surface area contributed by atoms with Crippen molar-refractivity contribution in [3.8, 4) is 11.8 Å². The van der Waals surface area contributed by atoms with Gasteiger partial charge in [-0.1, -0.05) is 23.7 Å². The van der Waals surface area contributed by atoms with Gasteiger partial charge in [0.25, 0.3) is 0 Å². The van der Waals surface area contributed by atoms with Crippen molar-refractivity contribution >= 4 is 45.8 Å². The molecule has 3 aromatic rings. The summed E-state index contributed by atoms with van der Waals surface area (Å²) in [5, 5.41) is 10.2. The number of aromatic nitrogens is 1. The summed E-state index contributed by atoms with van der Waals surface area (Å²) in [5.41, 5.74) is 5.91. The number of rotatable bonds is 3. The van der Waals surface area contributed by atoms with Gasteiger partial charge in [0, 0.05) is 25.7 Å². The van der Waals surface area contributed by atoms with Crippen LogP contribution in [0.25, 0.3) is 17.3 Å². The molecule has 0 bridgehead atoms. The normalized spacial score (nSPS) is 11.4. The van der Waals surface area contributed by atoms with Crippen LogP contribution in [0.5, 0.6) is 0 Å². The van der Waals surface area contributed by atoms with Gasteiger partial charge < -0.3 is 4.57 Å². The first kappa shape index (κ1) is 17.8. The number of allylic oxidation sites excluding steroid dienone is 1. The van der Waals surface area contributed by atoms with Crippen molar-refractivity contribution in [2.45, 2.75) is 13.8 Å². The molecule has 4 heteroatoms. The molecule has 0 aliphatic rings. The molecule has 0 spiro atoms. The summed E-state index contributed by atoms with van der Waals surface area (Å²) in [7, 11) is 0. The van der Waals surface area contributed by atoms with Crippen molar-refractivity contribution < 1.29 is 0 Å². The van der Waals surface area contributed by atoms with Crippen LogP contribution in [0.3, 0.4) is 0 Å². The summed E-state index contributed by atoms with van der Waals surface area (Å²) in [6, 6.07) is 20.2. The van der Waals surface area contributed by atoms with Crippen LogP contribution in [-0.2, 0) is 0 Å². The second-order valence-electron chi connectivity index (χ2n) is 5.82. The Balaban J connectivity index is 2.06. The van der Waals surface area contributed by atoms with Crippen molar-refractivity contribution in [1.82, 2.24) is 4.57 Å². The molecule has 124 valence electrons. The Hall–Kier alpha value is -2.03. The largest absolute Gasteiger partial charge is 0.318 e. The molecule has 0 saturated heterocycles. The Morgan fingerprint density at radius 2 is 1.72 bits per heavy atom. The molecule has 1 heterocycles. The molecule has 0 radical (unpaired) electrons. The van der Waals surface area contributed by atoms with Crippen LogP contribution in [0, 0.1) is 28.7 Å². The predicted molar refractivity (Wildman–Crippen MR) is 113 cm³/mol. The molecule has 0 fully saturated rings. The fourth-order valence-corrected chi connectivity index (χ4v) is 3.37. The summed E-state index contributed by atoms with van der Waals surface area (Å²) in [5.74, 6) is 0. The Kier molecular flexibility index (Phi) is 5.31. The van der Waals surface area contributed by atoms with E-state index < -0.39 is 0 Å². The average Bonchev–Trinajstić information content (AvgIpc) is 2.88. The van der Waals surface area contributed by atoms with Crippen LogP contribution < -0.4 is 0 Å². The standard InChI is InChI=1S/C21H16ClIN2/c1-14-11-17(12-18(13-24)16-3-5-19(22)6-4-16)15(2)25(14)21-9-7-20(23)8-10-21/h3-12H,1-2H3/b18-12-. The second-order valence-corrected chi connectivity index (χ2v) is 7.50. The van der Waals surface area contributed by atoms with Gasteiger partial charge in [-0.15, -0.1) is 0 Å². The van der Waals surface area contributed by atoms with Crippen LogP contribution >= 0.6 is 34.2 Å². The van der Waals surface area contributed by atoms with E-state index in [1.807, 2.05) is 18.2 Å². The van der Waals surface area contributed by atoms with Crippen LogP contribution in [0.1, 0.15) is 22.5 Å². The molecular formula is C21H16ClIN2. The number of hydrogen-bond donors (Lipinski definition) is 0. The maximum atomic E-state index is 9.57. The average molecular weight is 459 g/mol. The minimum atomic E-state index is 0.625. The zero-order valence-corrected chi connectivity index (χ0v) is 16.8. The molecule has 2 aromatic carbocycles. The highest BCUT2D eigenvalue weighted by Crippen LogP contribution is 2.26. The highest BCUT2D eigenvalue weighted by atomic mass is 127. The monoisotopic (exact) mass is 458 g/mol. The second kappa shape index (κ2) is 7.47. The zero-order valence-electron chi connectivity index (χ0n) is 13.9. The zero-order chi connectivity index (χ0) is 18.0. The van der Waals surface area contributed by atoms with Gasteiger partial charge in [-0.3, -0.25) is 0 Å².